The van der Waals surface area contributed by atoms with Crippen LogP contribution in [0.15, 0.2) is 5.03 Å². The van der Waals surface area contributed by atoms with E-state index in [-0.39, 0.29) is 29.2 Å². The number of hydrogen-bond donors (Lipinski definition) is 1. The largest absolute Gasteiger partial charge is 0.352 e. The lowest BCUT2D eigenvalue weighted by atomic mass is 10.1. The van der Waals surface area contributed by atoms with Gasteiger partial charge in [-0.3, -0.25) is 4.79 Å². The van der Waals surface area contributed by atoms with Crippen LogP contribution in [0, 0.1) is 32.1 Å². The van der Waals surface area contributed by atoms with Crippen molar-refractivity contribution in [3.8, 4) is 6.07 Å². The molecule has 0 spiro atoms. The van der Waals surface area contributed by atoms with Gasteiger partial charge < -0.3 is 5.32 Å². The minimum Gasteiger partial charge on any atom is -0.352 e. The summed E-state index contributed by atoms with van der Waals surface area (Å²) in [6.07, 6.45) is 0.461. The number of nitrogens with zero attached hydrogens (tertiary/aromatic N) is 2. The zero-order valence-electron chi connectivity index (χ0n) is 13.3. The fraction of sp³-hybridized carbons (Fsp3) is 0.533. The van der Waals surface area contributed by atoms with Crippen LogP contribution < -0.4 is 5.32 Å². The molecule has 0 aromatic carbocycles. The molecule has 1 fully saturated rings. The molecule has 1 aliphatic rings. The molecular formula is C15H19N3O3S2. The van der Waals surface area contributed by atoms with Crippen molar-refractivity contribution >= 4 is 27.5 Å². The summed E-state index contributed by atoms with van der Waals surface area (Å²) in [6, 6.07) is 1.84. The van der Waals surface area contributed by atoms with Crippen molar-refractivity contribution < 1.29 is 13.2 Å². The van der Waals surface area contributed by atoms with E-state index in [1.165, 1.54) is 11.8 Å². The van der Waals surface area contributed by atoms with E-state index in [1.807, 2.05) is 20.8 Å². The highest BCUT2D eigenvalue weighted by molar-refractivity contribution is 8.00. The number of carbonyl (C=O) groups is 1. The van der Waals surface area contributed by atoms with Crippen molar-refractivity contribution in [2.75, 3.05) is 17.3 Å². The van der Waals surface area contributed by atoms with Gasteiger partial charge in [0.1, 0.15) is 11.1 Å². The van der Waals surface area contributed by atoms with Gasteiger partial charge in [-0.05, 0) is 38.3 Å². The van der Waals surface area contributed by atoms with Gasteiger partial charge in [-0.1, -0.05) is 11.8 Å². The number of amides is 1. The van der Waals surface area contributed by atoms with E-state index in [4.69, 9.17) is 0 Å². The minimum absolute atomic E-state index is 0.00779. The van der Waals surface area contributed by atoms with Crippen LogP contribution in [-0.4, -0.2) is 42.6 Å². The predicted octanol–water partition coefficient (Wildman–Crippen LogP) is 1.27. The second kappa shape index (κ2) is 6.89. The van der Waals surface area contributed by atoms with Crippen LogP contribution in [-0.2, 0) is 14.6 Å². The number of nitriles is 1. The van der Waals surface area contributed by atoms with E-state index in [0.717, 1.165) is 16.8 Å². The molecule has 0 radical (unpaired) electrons. The Kier molecular flexibility index (Phi) is 5.32. The number of nitrogens with one attached hydrogen (secondary N) is 1. The number of rotatable bonds is 4. The molecule has 0 saturated carbocycles. The zero-order valence-corrected chi connectivity index (χ0v) is 15.0. The smallest absolute Gasteiger partial charge is 0.230 e. The fourth-order valence-electron chi connectivity index (χ4n) is 2.46. The average molecular weight is 353 g/mol. The maximum atomic E-state index is 12.0. The Hall–Kier alpha value is -1.59. The molecule has 6 nitrogen and oxygen atoms in total. The third kappa shape index (κ3) is 4.24. The normalized spacial score (nSPS) is 19.3. The molecule has 0 bridgehead atoms. The summed E-state index contributed by atoms with van der Waals surface area (Å²) in [4.78, 5) is 16.4. The maximum Gasteiger partial charge on any atom is 0.230 e. The van der Waals surface area contributed by atoms with E-state index in [1.54, 1.807) is 0 Å². The standard InChI is InChI=1S/C15H19N3O3S2/c1-9-10(2)13(6-16)15(17-11(9)3)22-7-14(19)18-12-4-5-23(20,21)8-12/h12H,4-5,7-8H2,1-3H3,(H,18,19)/t12-/m1/s1. The van der Waals surface area contributed by atoms with E-state index in [2.05, 4.69) is 16.4 Å². The molecule has 1 amide bonds. The van der Waals surface area contributed by atoms with Gasteiger partial charge in [0.15, 0.2) is 9.84 Å². The molecule has 2 rings (SSSR count). The van der Waals surface area contributed by atoms with Crippen molar-refractivity contribution in [1.29, 1.82) is 5.26 Å². The summed E-state index contributed by atoms with van der Waals surface area (Å²) >= 11 is 1.20. The SMILES string of the molecule is Cc1nc(SCC(=O)N[C@@H]2CCS(=O)(=O)C2)c(C#N)c(C)c1C. The van der Waals surface area contributed by atoms with Crippen molar-refractivity contribution in [2.45, 2.75) is 38.3 Å². The lowest BCUT2D eigenvalue weighted by Gasteiger charge is -2.12. The number of thioether (sulfide) groups is 1. The molecule has 2 heterocycles. The number of hydrogen-bond acceptors (Lipinski definition) is 6. The van der Waals surface area contributed by atoms with Crippen LogP contribution in [0.25, 0.3) is 0 Å². The second-order valence-electron chi connectivity index (χ2n) is 5.70. The lowest BCUT2D eigenvalue weighted by Crippen LogP contribution is -2.36. The molecule has 0 aliphatic carbocycles. The van der Waals surface area contributed by atoms with E-state index < -0.39 is 9.84 Å². The third-order valence-electron chi connectivity index (χ3n) is 4.01. The maximum absolute atomic E-state index is 12.0. The fourth-order valence-corrected chi connectivity index (χ4v) is 5.03. The monoisotopic (exact) mass is 353 g/mol. The predicted molar refractivity (Wildman–Crippen MR) is 89.1 cm³/mol. The van der Waals surface area contributed by atoms with Gasteiger partial charge in [0.2, 0.25) is 5.91 Å². The Balaban J connectivity index is 2.01. The molecule has 0 unspecified atom stereocenters. The van der Waals surface area contributed by atoms with Crippen LogP contribution in [0.3, 0.4) is 0 Å². The highest BCUT2D eigenvalue weighted by Crippen LogP contribution is 2.26. The van der Waals surface area contributed by atoms with Crippen LogP contribution in [0.5, 0.6) is 0 Å². The van der Waals surface area contributed by atoms with Crippen LogP contribution >= 0.6 is 11.8 Å². The van der Waals surface area contributed by atoms with Gasteiger partial charge in [0, 0.05) is 11.7 Å². The molecule has 124 valence electrons. The summed E-state index contributed by atoms with van der Waals surface area (Å²) in [5.74, 6) is 0.00829. The molecule has 8 heteroatoms. The van der Waals surface area contributed by atoms with Gasteiger partial charge in [0.25, 0.3) is 0 Å². The Bertz CT molecular complexity index is 782. The van der Waals surface area contributed by atoms with Gasteiger partial charge in [0.05, 0.1) is 22.8 Å². The summed E-state index contributed by atoms with van der Waals surface area (Å²) in [5.41, 5.74) is 3.19. The summed E-state index contributed by atoms with van der Waals surface area (Å²) < 4.78 is 22.8. The molecule has 1 N–H and O–H groups in total. The molecule has 1 atom stereocenters. The Morgan fingerprint density at radius 1 is 1.39 bits per heavy atom. The van der Waals surface area contributed by atoms with Gasteiger partial charge in [-0.25, -0.2) is 13.4 Å². The van der Waals surface area contributed by atoms with Crippen LogP contribution in [0.1, 0.15) is 28.8 Å². The zero-order chi connectivity index (χ0) is 17.2. The van der Waals surface area contributed by atoms with Gasteiger partial charge >= 0.3 is 0 Å². The van der Waals surface area contributed by atoms with E-state index >= 15 is 0 Å². The van der Waals surface area contributed by atoms with E-state index in [9.17, 15) is 18.5 Å². The minimum atomic E-state index is -3.01. The molecular weight excluding hydrogens is 334 g/mol. The van der Waals surface area contributed by atoms with Crippen molar-refractivity contribution in [1.82, 2.24) is 10.3 Å². The molecule has 1 saturated heterocycles. The molecule has 1 aromatic rings. The van der Waals surface area contributed by atoms with Crippen LogP contribution in [0.4, 0.5) is 0 Å². The molecule has 1 aliphatic heterocycles. The third-order valence-corrected chi connectivity index (χ3v) is 6.76. The number of pyridine rings is 1. The first-order valence-corrected chi connectivity index (χ1v) is 10.0. The van der Waals surface area contributed by atoms with Crippen molar-refractivity contribution in [3.05, 3.63) is 22.4 Å². The number of carbonyl (C=O) groups excluding carboxylic acids is 1. The summed E-state index contributed by atoms with van der Waals surface area (Å²) in [7, 11) is -3.01. The van der Waals surface area contributed by atoms with E-state index in [0.29, 0.717) is 17.0 Å². The Labute approximate surface area is 140 Å². The highest BCUT2D eigenvalue weighted by Gasteiger charge is 2.28. The quantitative estimate of drug-likeness (QED) is 0.818. The first-order chi connectivity index (χ1) is 10.7. The summed E-state index contributed by atoms with van der Waals surface area (Å²) in [6.45, 7) is 5.66. The van der Waals surface area contributed by atoms with Gasteiger partial charge in [-0.2, -0.15) is 5.26 Å². The lowest BCUT2D eigenvalue weighted by molar-refractivity contribution is -0.119. The first kappa shape index (κ1) is 17.8. The Morgan fingerprint density at radius 2 is 2.09 bits per heavy atom. The van der Waals surface area contributed by atoms with Gasteiger partial charge in [-0.15, -0.1) is 0 Å². The summed E-state index contributed by atoms with van der Waals surface area (Å²) in [5, 5.41) is 12.6. The number of aromatic nitrogens is 1. The van der Waals surface area contributed by atoms with Crippen molar-refractivity contribution in [3.63, 3.8) is 0 Å². The molecule has 23 heavy (non-hydrogen) atoms. The van der Waals surface area contributed by atoms with Crippen molar-refractivity contribution in [2.24, 2.45) is 0 Å². The topological polar surface area (TPSA) is 99.9 Å². The average Bonchev–Trinajstić information content (AvgIpc) is 2.81. The first-order valence-electron chi connectivity index (χ1n) is 7.24. The second-order valence-corrected chi connectivity index (χ2v) is 8.89. The number of aryl methyl sites for hydroxylation is 1. The Morgan fingerprint density at radius 3 is 2.65 bits per heavy atom. The highest BCUT2D eigenvalue weighted by atomic mass is 32.2. The number of sulfone groups is 1. The molecule has 1 aromatic heterocycles. The van der Waals surface area contributed by atoms with Crippen LogP contribution in [0.2, 0.25) is 0 Å².